The van der Waals surface area contributed by atoms with Crippen molar-refractivity contribution in [1.29, 1.82) is 5.41 Å². The van der Waals surface area contributed by atoms with Crippen molar-refractivity contribution in [2.24, 2.45) is 5.73 Å². The number of amidine groups is 1. The second-order valence-corrected chi connectivity index (χ2v) is 7.36. The van der Waals surface area contributed by atoms with Gasteiger partial charge in [-0.3, -0.25) is 5.41 Å². The van der Waals surface area contributed by atoms with E-state index in [1.165, 1.54) is 31.4 Å². The number of hydrogen-bond acceptors (Lipinski definition) is 6. The second-order valence-electron chi connectivity index (χ2n) is 5.59. The van der Waals surface area contributed by atoms with Crippen molar-refractivity contribution in [2.45, 2.75) is 11.3 Å². The number of carbonyl (C=O) groups excluding carboxylic acids is 1. The van der Waals surface area contributed by atoms with Crippen LogP contribution < -0.4 is 15.2 Å². The van der Waals surface area contributed by atoms with Gasteiger partial charge in [-0.2, -0.15) is 0 Å². The van der Waals surface area contributed by atoms with Crippen LogP contribution in [0.3, 0.4) is 0 Å². The fraction of sp³-hybridized carbons (Fsp3) is 0.222. The number of sulfonamides is 1. The Kier molecular flexibility index (Phi) is 8.90. The number of methoxy groups -OCH3 is 1. The molecule has 0 amide bonds. The highest BCUT2D eigenvalue weighted by atomic mass is 35.5. The van der Waals surface area contributed by atoms with E-state index in [2.05, 4.69) is 9.46 Å². The molecule has 2 rings (SSSR count). The van der Waals surface area contributed by atoms with E-state index in [0.29, 0.717) is 17.7 Å². The predicted octanol–water partition coefficient (Wildman–Crippen LogP) is 1.47. The fourth-order valence-corrected chi connectivity index (χ4v) is 3.21. The number of benzene rings is 2. The first-order chi connectivity index (χ1) is 12.8. The zero-order chi connectivity index (χ0) is 19.9. The number of nitrogens with one attached hydrogen (secondary N) is 2. The number of hydrogen-bond donors (Lipinski definition) is 3. The minimum absolute atomic E-state index is 0. The molecule has 0 radical (unpaired) electrons. The Morgan fingerprint density at radius 1 is 1.11 bits per heavy atom. The van der Waals surface area contributed by atoms with Crippen molar-refractivity contribution in [1.82, 2.24) is 4.72 Å². The molecule has 0 aliphatic rings. The molecule has 0 aliphatic carbocycles. The summed E-state index contributed by atoms with van der Waals surface area (Å²) in [5.41, 5.74) is 6.73. The molecule has 152 valence electrons. The first-order valence-corrected chi connectivity index (χ1v) is 9.53. The average Bonchev–Trinajstić information content (AvgIpc) is 2.67. The summed E-state index contributed by atoms with van der Waals surface area (Å²) in [5.74, 6) is -0.0639. The molecular weight excluding hydrogens is 406 g/mol. The maximum absolute atomic E-state index is 12.3. The van der Waals surface area contributed by atoms with Crippen molar-refractivity contribution < 1.29 is 22.7 Å². The number of halogens is 1. The molecule has 0 aliphatic heterocycles. The molecule has 0 bridgehead atoms. The molecule has 2 aromatic carbocycles. The van der Waals surface area contributed by atoms with Gasteiger partial charge in [-0.15, -0.1) is 12.4 Å². The number of nitrogen functional groups attached to an aromatic ring is 1. The lowest BCUT2D eigenvalue weighted by molar-refractivity contribution is -0.142. The van der Waals surface area contributed by atoms with E-state index in [1.807, 2.05) is 0 Å². The lowest BCUT2D eigenvalue weighted by atomic mass is 10.1. The standard InChI is InChI=1S/C18H21N3O5S.ClH/c1-25-17(22)12-26-15-6-2-13(3-7-15)10-11-21-27(23,24)16-8-4-14(5-9-16)18(19)20;/h2-9,21H,10-12H2,1H3,(H3,19,20);1H. The third-order valence-electron chi connectivity index (χ3n) is 3.69. The van der Waals surface area contributed by atoms with Crippen LogP contribution in [0, 0.1) is 5.41 Å². The van der Waals surface area contributed by atoms with Crippen molar-refractivity contribution in [3.8, 4) is 5.75 Å². The average molecular weight is 428 g/mol. The molecule has 2 aromatic rings. The van der Waals surface area contributed by atoms with Crippen LogP contribution in [-0.4, -0.2) is 40.5 Å². The van der Waals surface area contributed by atoms with Crippen LogP contribution >= 0.6 is 12.4 Å². The van der Waals surface area contributed by atoms with E-state index in [4.69, 9.17) is 15.9 Å². The molecule has 0 spiro atoms. The molecule has 28 heavy (non-hydrogen) atoms. The fourth-order valence-electron chi connectivity index (χ4n) is 2.18. The van der Waals surface area contributed by atoms with E-state index in [-0.39, 0.29) is 36.3 Å². The summed E-state index contributed by atoms with van der Waals surface area (Å²) in [6.07, 6.45) is 0.488. The number of carbonyl (C=O) groups is 1. The molecule has 10 heteroatoms. The Morgan fingerprint density at radius 3 is 2.25 bits per heavy atom. The van der Waals surface area contributed by atoms with Gasteiger partial charge >= 0.3 is 5.97 Å². The van der Waals surface area contributed by atoms with Crippen LogP contribution in [0.4, 0.5) is 0 Å². The molecule has 4 N–H and O–H groups in total. The van der Waals surface area contributed by atoms with Gasteiger partial charge < -0.3 is 15.2 Å². The van der Waals surface area contributed by atoms with Gasteiger partial charge in [0.15, 0.2) is 6.61 Å². The van der Waals surface area contributed by atoms with Gasteiger partial charge in [-0.05, 0) is 48.4 Å². The monoisotopic (exact) mass is 427 g/mol. The third kappa shape index (κ3) is 6.84. The highest BCUT2D eigenvalue weighted by molar-refractivity contribution is 7.89. The molecule has 0 heterocycles. The van der Waals surface area contributed by atoms with Crippen molar-refractivity contribution >= 4 is 34.2 Å². The van der Waals surface area contributed by atoms with Crippen LogP contribution in [0.15, 0.2) is 53.4 Å². The SMILES string of the molecule is COC(=O)COc1ccc(CCNS(=O)(=O)c2ccc(C(=N)N)cc2)cc1.Cl. The summed E-state index contributed by atoms with van der Waals surface area (Å²) in [7, 11) is -2.35. The maximum atomic E-state index is 12.3. The highest BCUT2D eigenvalue weighted by Gasteiger charge is 2.13. The van der Waals surface area contributed by atoms with Crippen LogP contribution in [0.1, 0.15) is 11.1 Å². The summed E-state index contributed by atoms with van der Waals surface area (Å²) in [4.78, 5) is 11.1. The first kappa shape index (κ1) is 23.4. The Hall–Kier alpha value is -2.62. The molecule has 8 nitrogen and oxygen atoms in total. The minimum atomic E-state index is -3.64. The number of ether oxygens (including phenoxy) is 2. The quantitative estimate of drug-likeness (QED) is 0.315. The zero-order valence-corrected chi connectivity index (χ0v) is 16.8. The topological polar surface area (TPSA) is 132 Å². The molecule has 0 unspecified atom stereocenters. The Balaban J connectivity index is 0.00000392. The molecule has 0 saturated heterocycles. The maximum Gasteiger partial charge on any atom is 0.343 e. The van der Waals surface area contributed by atoms with Gasteiger partial charge in [-0.1, -0.05) is 12.1 Å². The van der Waals surface area contributed by atoms with Gasteiger partial charge in [0.2, 0.25) is 10.0 Å². The summed E-state index contributed by atoms with van der Waals surface area (Å²) in [5, 5.41) is 7.32. The minimum Gasteiger partial charge on any atom is -0.482 e. The van der Waals surface area contributed by atoms with E-state index in [9.17, 15) is 13.2 Å². The van der Waals surface area contributed by atoms with Crippen LogP contribution in [0.25, 0.3) is 0 Å². The summed E-state index contributed by atoms with van der Waals surface area (Å²) in [6.45, 7) is 0.0528. The van der Waals surface area contributed by atoms with Crippen LogP contribution in [0.5, 0.6) is 5.75 Å². The van der Waals surface area contributed by atoms with E-state index in [0.717, 1.165) is 5.56 Å². The van der Waals surface area contributed by atoms with Gasteiger partial charge in [0, 0.05) is 12.1 Å². The van der Waals surface area contributed by atoms with E-state index < -0.39 is 16.0 Å². The summed E-state index contributed by atoms with van der Waals surface area (Å²) in [6, 6.07) is 12.8. The second kappa shape index (κ2) is 10.6. The van der Waals surface area contributed by atoms with Gasteiger partial charge in [0.05, 0.1) is 12.0 Å². The zero-order valence-electron chi connectivity index (χ0n) is 15.2. The number of esters is 1. The highest BCUT2D eigenvalue weighted by Crippen LogP contribution is 2.13. The lowest BCUT2D eigenvalue weighted by Gasteiger charge is -2.09. The Labute approximate surface area is 170 Å². The smallest absolute Gasteiger partial charge is 0.343 e. The third-order valence-corrected chi connectivity index (χ3v) is 5.17. The summed E-state index contributed by atoms with van der Waals surface area (Å²) < 4.78 is 36.8. The Bertz CT molecular complexity index is 900. The van der Waals surface area contributed by atoms with Crippen molar-refractivity contribution in [3.05, 3.63) is 59.7 Å². The number of rotatable bonds is 9. The predicted molar refractivity (Wildman–Crippen MR) is 108 cm³/mol. The van der Waals surface area contributed by atoms with E-state index >= 15 is 0 Å². The van der Waals surface area contributed by atoms with Crippen LogP contribution in [-0.2, 0) is 26.0 Å². The molecule has 0 fully saturated rings. The first-order valence-electron chi connectivity index (χ1n) is 8.04. The van der Waals surface area contributed by atoms with Gasteiger partial charge in [0.25, 0.3) is 0 Å². The van der Waals surface area contributed by atoms with Crippen molar-refractivity contribution in [2.75, 3.05) is 20.3 Å². The molecule has 0 atom stereocenters. The lowest BCUT2D eigenvalue weighted by Crippen LogP contribution is -2.26. The molecule has 0 saturated carbocycles. The molecular formula is C18H22ClN3O5S. The normalized spacial score (nSPS) is 10.6. The van der Waals surface area contributed by atoms with Gasteiger partial charge in [-0.25, -0.2) is 17.9 Å². The van der Waals surface area contributed by atoms with Gasteiger partial charge in [0.1, 0.15) is 11.6 Å². The van der Waals surface area contributed by atoms with E-state index in [1.54, 1.807) is 24.3 Å². The largest absolute Gasteiger partial charge is 0.482 e. The van der Waals surface area contributed by atoms with Crippen molar-refractivity contribution in [3.63, 3.8) is 0 Å². The molecule has 0 aromatic heterocycles. The summed E-state index contributed by atoms with van der Waals surface area (Å²) >= 11 is 0. The van der Waals surface area contributed by atoms with Crippen LogP contribution in [0.2, 0.25) is 0 Å². The number of nitrogens with two attached hydrogens (primary N) is 1. The Morgan fingerprint density at radius 2 is 1.71 bits per heavy atom.